The first kappa shape index (κ1) is 15.4. The average molecular weight is 291 g/mol. The van der Waals surface area contributed by atoms with Crippen LogP contribution >= 0.6 is 0 Å². The van der Waals surface area contributed by atoms with E-state index in [1.54, 1.807) is 20.8 Å². The second-order valence-corrected chi connectivity index (χ2v) is 6.35. The maximum absolute atomic E-state index is 12.1. The van der Waals surface area contributed by atoms with Crippen LogP contribution in [0.5, 0.6) is 0 Å². The molecule has 114 valence electrons. The number of carboxylic acid groups (broad SMARTS) is 1. The Balaban J connectivity index is 2.16. The zero-order valence-electron chi connectivity index (χ0n) is 12.6. The van der Waals surface area contributed by atoms with Crippen molar-refractivity contribution in [2.75, 3.05) is 13.1 Å². The Bertz CT molecular complexity index is 521. The molecule has 1 unspecified atom stereocenters. The van der Waals surface area contributed by atoms with Crippen molar-refractivity contribution in [1.29, 1.82) is 0 Å². The summed E-state index contributed by atoms with van der Waals surface area (Å²) in [6.07, 6.45) is -0.452. The molecule has 2 rings (SSSR count). The molecule has 5 heteroatoms. The van der Waals surface area contributed by atoms with E-state index in [1.807, 2.05) is 30.3 Å². The van der Waals surface area contributed by atoms with Crippen molar-refractivity contribution in [3.05, 3.63) is 35.9 Å². The highest BCUT2D eigenvalue weighted by Gasteiger charge is 2.41. The number of rotatable bonds is 2. The minimum atomic E-state index is -0.880. The van der Waals surface area contributed by atoms with E-state index in [9.17, 15) is 14.7 Å². The number of benzene rings is 1. The van der Waals surface area contributed by atoms with Gasteiger partial charge in [0.25, 0.3) is 0 Å². The highest BCUT2D eigenvalue weighted by atomic mass is 16.6. The third-order valence-corrected chi connectivity index (χ3v) is 3.52. The minimum Gasteiger partial charge on any atom is -0.481 e. The van der Waals surface area contributed by atoms with Gasteiger partial charge >= 0.3 is 12.1 Å². The summed E-state index contributed by atoms with van der Waals surface area (Å²) in [4.78, 5) is 25.1. The number of carbonyl (C=O) groups is 2. The molecule has 21 heavy (non-hydrogen) atoms. The monoisotopic (exact) mass is 291 g/mol. The lowest BCUT2D eigenvalue weighted by Gasteiger charge is -2.24. The third kappa shape index (κ3) is 3.74. The molecule has 1 aromatic carbocycles. The lowest BCUT2D eigenvalue weighted by Crippen LogP contribution is -2.35. The fourth-order valence-electron chi connectivity index (χ4n) is 2.57. The van der Waals surface area contributed by atoms with Crippen LogP contribution in [0.25, 0.3) is 0 Å². The van der Waals surface area contributed by atoms with Crippen LogP contribution in [-0.2, 0) is 9.53 Å². The highest BCUT2D eigenvalue weighted by Crippen LogP contribution is 2.33. The summed E-state index contributed by atoms with van der Waals surface area (Å²) >= 11 is 0. The number of carbonyl (C=O) groups excluding carboxylic acids is 1. The lowest BCUT2D eigenvalue weighted by molar-refractivity contribution is -0.141. The number of hydrogen-bond donors (Lipinski definition) is 1. The Kier molecular flexibility index (Phi) is 4.21. The molecule has 5 nitrogen and oxygen atoms in total. The molecule has 1 aliphatic rings. The van der Waals surface area contributed by atoms with Gasteiger partial charge in [0.2, 0.25) is 0 Å². The molecule has 0 saturated carbocycles. The molecule has 1 aliphatic heterocycles. The zero-order chi connectivity index (χ0) is 15.6. The van der Waals surface area contributed by atoms with Crippen LogP contribution in [0.2, 0.25) is 0 Å². The van der Waals surface area contributed by atoms with Crippen LogP contribution in [0.1, 0.15) is 32.3 Å². The first-order valence-corrected chi connectivity index (χ1v) is 7.03. The average Bonchev–Trinajstić information content (AvgIpc) is 2.83. The van der Waals surface area contributed by atoms with Gasteiger partial charge in [-0.25, -0.2) is 4.79 Å². The Morgan fingerprint density at radius 2 is 1.81 bits per heavy atom. The number of hydrogen-bond acceptors (Lipinski definition) is 3. The van der Waals surface area contributed by atoms with Gasteiger partial charge in [-0.2, -0.15) is 0 Å². The number of nitrogens with zero attached hydrogens (tertiary/aromatic N) is 1. The number of ether oxygens (including phenoxy) is 1. The molecule has 1 N–H and O–H groups in total. The Hall–Kier alpha value is -2.04. The van der Waals surface area contributed by atoms with E-state index in [0.717, 1.165) is 5.56 Å². The maximum Gasteiger partial charge on any atom is 0.410 e. The summed E-state index contributed by atoms with van der Waals surface area (Å²) in [5, 5.41) is 9.40. The van der Waals surface area contributed by atoms with Gasteiger partial charge in [0.05, 0.1) is 5.92 Å². The van der Waals surface area contributed by atoms with Crippen LogP contribution in [0.4, 0.5) is 4.79 Å². The van der Waals surface area contributed by atoms with Crippen LogP contribution in [0.3, 0.4) is 0 Å². The summed E-state index contributed by atoms with van der Waals surface area (Å²) < 4.78 is 5.33. The molecule has 1 saturated heterocycles. The van der Waals surface area contributed by atoms with Crippen molar-refractivity contribution in [3.63, 3.8) is 0 Å². The summed E-state index contributed by atoms with van der Waals surface area (Å²) in [5.41, 5.74) is 0.358. The lowest BCUT2D eigenvalue weighted by atomic mass is 9.89. The second-order valence-electron chi connectivity index (χ2n) is 6.35. The SMILES string of the molecule is CC(C)(C)OC(=O)N1CC(c2ccccc2)[C@H](C(=O)O)C1. The van der Waals surface area contributed by atoms with E-state index in [2.05, 4.69) is 0 Å². The first-order chi connectivity index (χ1) is 9.78. The predicted molar refractivity (Wildman–Crippen MR) is 78.1 cm³/mol. The fraction of sp³-hybridized carbons (Fsp3) is 0.500. The molecule has 1 heterocycles. The van der Waals surface area contributed by atoms with Crippen LogP contribution < -0.4 is 0 Å². The maximum atomic E-state index is 12.1. The van der Waals surface area contributed by atoms with Crippen molar-refractivity contribution in [3.8, 4) is 0 Å². The Morgan fingerprint density at radius 3 is 2.33 bits per heavy atom. The third-order valence-electron chi connectivity index (χ3n) is 3.52. The van der Waals surface area contributed by atoms with Crippen LogP contribution in [0, 0.1) is 5.92 Å². The largest absolute Gasteiger partial charge is 0.481 e. The highest BCUT2D eigenvalue weighted by molar-refractivity contribution is 5.75. The minimum absolute atomic E-state index is 0.184. The van der Waals surface area contributed by atoms with Gasteiger partial charge in [0.1, 0.15) is 5.60 Å². The quantitative estimate of drug-likeness (QED) is 0.909. The van der Waals surface area contributed by atoms with Gasteiger partial charge in [0.15, 0.2) is 0 Å². The van der Waals surface area contributed by atoms with Gasteiger partial charge in [-0.1, -0.05) is 30.3 Å². The van der Waals surface area contributed by atoms with Crippen molar-refractivity contribution < 1.29 is 19.4 Å². The van der Waals surface area contributed by atoms with Crippen LogP contribution in [-0.4, -0.2) is 40.8 Å². The van der Waals surface area contributed by atoms with Crippen molar-refractivity contribution >= 4 is 12.1 Å². The van der Waals surface area contributed by atoms with Gasteiger partial charge in [-0.05, 0) is 26.3 Å². The molecule has 1 aromatic rings. The molecule has 0 radical (unpaired) electrons. The van der Waals surface area contributed by atoms with Crippen molar-refractivity contribution in [1.82, 2.24) is 4.90 Å². The second kappa shape index (κ2) is 5.76. The van der Waals surface area contributed by atoms with Gasteiger partial charge < -0.3 is 14.7 Å². The zero-order valence-corrected chi connectivity index (χ0v) is 12.6. The van der Waals surface area contributed by atoms with E-state index >= 15 is 0 Å². The van der Waals surface area contributed by atoms with Crippen LogP contribution in [0.15, 0.2) is 30.3 Å². The summed E-state index contributed by atoms with van der Waals surface area (Å²) in [7, 11) is 0. The van der Waals surface area contributed by atoms with E-state index < -0.39 is 23.6 Å². The summed E-state index contributed by atoms with van der Waals surface area (Å²) in [5.74, 6) is -1.67. The topological polar surface area (TPSA) is 66.8 Å². The molecular weight excluding hydrogens is 270 g/mol. The standard InChI is InChI=1S/C16H21NO4/c1-16(2,3)21-15(20)17-9-12(13(10-17)14(18)19)11-7-5-4-6-8-11/h4-8,12-13H,9-10H2,1-3H3,(H,18,19)/t12?,13-/m1/s1. The summed E-state index contributed by atoms with van der Waals surface area (Å²) in [6.45, 7) is 5.94. The Labute approximate surface area is 124 Å². The van der Waals surface area contributed by atoms with Gasteiger partial charge in [-0.3, -0.25) is 4.79 Å². The first-order valence-electron chi connectivity index (χ1n) is 7.03. The van der Waals surface area contributed by atoms with E-state index in [1.165, 1.54) is 4.90 Å². The molecule has 2 atom stereocenters. The van der Waals surface area contributed by atoms with Gasteiger partial charge in [-0.15, -0.1) is 0 Å². The molecule has 0 spiro atoms. The number of amides is 1. The number of likely N-dealkylation sites (tertiary alicyclic amines) is 1. The number of carboxylic acids is 1. The Morgan fingerprint density at radius 1 is 1.19 bits per heavy atom. The van der Waals surface area contributed by atoms with Crippen molar-refractivity contribution in [2.45, 2.75) is 32.3 Å². The smallest absolute Gasteiger partial charge is 0.410 e. The number of aliphatic carboxylic acids is 1. The molecule has 0 aromatic heterocycles. The van der Waals surface area contributed by atoms with E-state index in [0.29, 0.717) is 6.54 Å². The van der Waals surface area contributed by atoms with E-state index in [4.69, 9.17) is 4.74 Å². The van der Waals surface area contributed by atoms with Crippen molar-refractivity contribution in [2.24, 2.45) is 5.92 Å². The molecular formula is C16H21NO4. The van der Waals surface area contributed by atoms with E-state index in [-0.39, 0.29) is 12.5 Å². The molecule has 1 fully saturated rings. The predicted octanol–water partition coefficient (Wildman–Crippen LogP) is 2.72. The summed E-state index contributed by atoms with van der Waals surface area (Å²) in [6, 6.07) is 9.45. The molecule has 0 aliphatic carbocycles. The normalized spacial score (nSPS) is 22.1. The fourth-order valence-corrected chi connectivity index (χ4v) is 2.57. The molecule has 0 bridgehead atoms. The molecule has 1 amide bonds. The van der Waals surface area contributed by atoms with Gasteiger partial charge in [0, 0.05) is 19.0 Å².